The van der Waals surface area contributed by atoms with E-state index < -0.39 is 11.3 Å². The summed E-state index contributed by atoms with van der Waals surface area (Å²) in [7, 11) is 0. The Balaban J connectivity index is 1.46. The van der Waals surface area contributed by atoms with Gasteiger partial charge in [-0.25, -0.2) is 4.98 Å². The molecule has 1 N–H and O–H groups in total. The standard InChI is InChI=1S/C21H22BrN3O3S/c1-20(2)14-8-9-21(20,3)18(28)25(17(14)27)10-16(26)24-19-23-15(11-29-19)12-4-6-13(22)7-5-12/h4-7,11,14H,8-10H2,1-3H3,(H,23,24,26). The zero-order chi connectivity index (χ0) is 21.0. The SMILES string of the molecule is CC12CCC(C(=O)N(CC(=O)Nc3nc(-c4ccc(Br)cc4)cs3)C1=O)C2(C)C. The number of aromatic nitrogens is 1. The first kappa shape index (κ1) is 20.2. The van der Waals surface area contributed by atoms with Crippen LogP contribution in [-0.2, 0) is 14.4 Å². The van der Waals surface area contributed by atoms with Gasteiger partial charge in [0, 0.05) is 21.3 Å². The van der Waals surface area contributed by atoms with Crippen LogP contribution in [0.15, 0.2) is 34.1 Å². The van der Waals surface area contributed by atoms with Gasteiger partial charge in [0.25, 0.3) is 0 Å². The largest absolute Gasteiger partial charge is 0.300 e. The van der Waals surface area contributed by atoms with E-state index in [4.69, 9.17) is 0 Å². The Morgan fingerprint density at radius 1 is 1.28 bits per heavy atom. The lowest BCUT2D eigenvalue weighted by molar-refractivity contribution is -0.168. The van der Waals surface area contributed by atoms with Crippen molar-refractivity contribution in [1.82, 2.24) is 9.88 Å². The van der Waals surface area contributed by atoms with E-state index in [2.05, 4.69) is 26.2 Å². The number of hydrogen-bond donors (Lipinski definition) is 1. The molecule has 2 atom stereocenters. The van der Waals surface area contributed by atoms with Crippen molar-refractivity contribution in [2.24, 2.45) is 16.7 Å². The normalized spacial score (nSPS) is 25.4. The van der Waals surface area contributed by atoms with Crippen molar-refractivity contribution in [3.8, 4) is 11.3 Å². The van der Waals surface area contributed by atoms with Crippen LogP contribution in [-0.4, -0.2) is 34.2 Å². The van der Waals surface area contributed by atoms with Crippen LogP contribution in [0.4, 0.5) is 5.13 Å². The number of benzene rings is 1. The summed E-state index contributed by atoms with van der Waals surface area (Å²) in [4.78, 5) is 44.1. The van der Waals surface area contributed by atoms with Crippen molar-refractivity contribution >= 4 is 50.1 Å². The van der Waals surface area contributed by atoms with Crippen LogP contribution in [0.1, 0.15) is 33.6 Å². The number of anilines is 1. The Labute approximate surface area is 181 Å². The molecule has 4 rings (SSSR count). The maximum Gasteiger partial charge on any atom is 0.246 e. The zero-order valence-corrected chi connectivity index (χ0v) is 18.9. The third kappa shape index (κ3) is 3.22. The number of amides is 3. The molecular weight excluding hydrogens is 454 g/mol. The molecule has 2 aliphatic rings. The summed E-state index contributed by atoms with van der Waals surface area (Å²) in [5.41, 5.74) is 0.707. The molecule has 2 aromatic rings. The molecule has 1 saturated carbocycles. The molecule has 1 aromatic heterocycles. The Morgan fingerprint density at radius 3 is 2.66 bits per heavy atom. The minimum absolute atomic E-state index is 0.220. The maximum absolute atomic E-state index is 13.0. The number of nitrogens with zero attached hydrogens (tertiary/aromatic N) is 2. The van der Waals surface area contributed by atoms with Gasteiger partial charge < -0.3 is 5.32 Å². The highest BCUT2D eigenvalue weighted by molar-refractivity contribution is 9.10. The topological polar surface area (TPSA) is 79.4 Å². The molecule has 1 aliphatic carbocycles. The lowest BCUT2D eigenvalue weighted by Gasteiger charge is -2.47. The number of hydrogen-bond acceptors (Lipinski definition) is 5. The molecule has 0 spiro atoms. The molecule has 29 heavy (non-hydrogen) atoms. The summed E-state index contributed by atoms with van der Waals surface area (Å²) in [6.07, 6.45) is 1.37. The average Bonchev–Trinajstić information content (AvgIpc) is 3.19. The van der Waals surface area contributed by atoms with Gasteiger partial charge in [-0.3, -0.25) is 19.3 Å². The van der Waals surface area contributed by atoms with Crippen molar-refractivity contribution in [3.63, 3.8) is 0 Å². The van der Waals surface area contributed by atoms with E-state index in [1.165, 1.54) is 11.3 Å². The molecule has 6 nitrogen and oxygen atoms in total. The lowest BCUT2D eigenvalue weighted by atomic mass is 9.62. The number of nitrogens with one attached hydrogen (secondary N) is 1. The predicted molar refractivity (Wildman–Crippen MR) is 115 cm³/mol. The highest BCUT2D eigenvalue weighted by Gasteiger charge is 2.64. The van der Waals surface area contributed by atoms with Gasteiger partial charge in [0.1, 0.15) is 6.54 Å². The van der Waals surface area contributed by atoms with Crippen molar-refractivity contribution in [2.75, 3.05) is 11.9 Å². The minimum atomic E-state index is -0.609. The van der Waals surface area contributed by atoms with Gasteiger partial charge in [0.2, 0.25) is 17.7 Å². The number of imide groups is 1. The van der Waals surface area contributed by atoms with E-state index in [0.29, 0.717) is 18.0 Å². The van der Waals surface area contributed by atoms with Gasteiger partial charge >= 0.3 is 0 Å². The second-order valence-corrected chi connectivity index (χ2v) is 10.2. The molecule has 3 amide bonds. The van der Waals surface area contributed by atoms with E-state index in [0.717, 1.165) is 20.6 Å². The van der Waals surface area contributed by atoms with E-state index in [1.54, 1.807) is 0 Å². The van der Waals surface area contributed by atoms with Gasteiger partial charge in [0.05, 0.1) is 11.1 Å². The van der Waals surface area contributed by atoms with E-state index in [-0.39, 0.29) is 29.7 Å². The Hall–Kier alpha value is -2.06. The average molecular weight is 476 g/mol. The van der Waals surface area contributed by atoms with Crippen LogP contribution in [0.3, 0.4) is 0 Å². The van der Waals surface area contributed by atoms with Crippen LogP contribution >= 0.6 is 27.3 Å². The van der Waals surface area contributed by atoms with E-state index >= 15 is 0 Å². The van der Waals surface area contributed by atoms with Crippen LogP contribution in [0.2, 0.25) is 0 Å². The number of halogens is 1. The molecule has 0 radical (unpaired) electrons. The summed E-state index contributed by atoms with van der Waals surface area (Å²) in [6.45, 7) is 5.61. The second-order valence-electron chi connectivity index (χ2n) is 8.47. The molecule has 1 aromatic carbocycles. The fourth-order valence-corrected chi connectivity index (χ4v) is 5.44. The van der Waals surface area contributed by atoms with Crippen molar-refractivity contribution < 1.29 is 14.4 Å². The number of piperidine rings is 1. The van der Waals surface area contributed by atoms with Crippen LogP contribution in [0.5, 0.6) is 0 Å². The predicted octanol–water partition coefficient (Wildman–Crippen LogP) is 4.32. The number of fused-ring (bicyclic) bond motifs is 2. The summed E-state index contributed by atoms with van der Waals surface area (Å²) in [6, 6.07) is 7.73. The number of carbonyl (C=O) groups is 3. The lowest BCUT2D eigenvalue weighted by Crippen LogP contribution is -2.60. The molecule has 2 fully saturated rings. The highest BCUT2D eigenvalue weighted by Crippen LogP contribution is 2.59. The summed E-state index contributed by atoms with van der Waals surface area (Å²) in [5, 5.41) is 5.03. The quantitative estimate of drug-likeness (QED) is 0.667. The number of thiazole rings is 1. The van der Waals surface area contributed by atoms with Crippen molar-refractivity contribution in [1.29, 1.82) is 0 Å². The van der Waals surface area contributed by atoms with Gasteiger partial charge in [-0.1, -0.05) is 48.8 Å². The Morgan fingerprint density at radius 2 is 1.97 bits per heavy atom. The molecular formula is C21H22BrN3O3S. The molecule has 1 saturated heterocycles. The van der Waals surface area contributed by atoms with Gasteiger partial charge in [-0.2, -0.15) is 0 Å². The summed E-state index contributed by atoms with van der Waals surface area (Å²) < 4.78 is 0.978. The third-order valence-corrected chi connectivity index (χ3v) is 7.99. The fourth-order valence-electron chi connectivity index (χ4n) is 4.44. The molecule has 2 heterocycles. The first-order valence-electron chi connectivity index (χ1n) is 9.50. The number of rotatable bonds is 4. The number of carbonyl (C=O) groups excluding carboxylic acids is 3. The van der Waals surface area contributed by atoms with Gasteiger partial charge in [-0.15, -0.1) is 11.3 Å². The highest BCUT2D eigenvalue weighted by atomic mass is 79.9. The smallest absolute Gasteiger partial charge is 0.246 e. The van der Waals surface area contributed by atoms with Crippen molar-refractivity contribution in [3.05, 3.63) is 34.1 Å². The summed E-state index contributed by atoms with van der Waals surface area (Å²) in [5.74, 6) is -1.11. The van der Waals surface area contributed by atoms with Crippen molar-refractivity contribution in [2.45, 2.75) is 33.6 Å². The Bertz CT molecular complexity index is 1000. The molecule has 2 unspecified atom stereocenters. The van der Waals surface area contributed by atoms with Crippen LogP contribution in [0, 0.1) is 16.7 Å². The van der Waals surface area contributed by atoms with Crippen LogP contribution in [0.25, 0.3) is 11.3 Å². The molecule has 8 heteroatoms. The first-order valence-corrected chi connectivity index (χ1v) is 11.2. The van der Waals surface area contributed by atoms with Gasteiger partial charge in [0.15, 0.2) is 5.13 Å². The number of likely N-dealkylation sites (tertiary alicyclic amines) is 1. The van der Waals surface area contributed by atoms with E-state index in [9.17, 15) is 14.4 Å². The molecule has 152 valence electrons. The maximum atomic E-state index is 13.0. The Kier molecular flexibility index (Phi) is 4.90. The second kappa shape index (κ2) is 7.02. The van der Waals surface area contributed by atoms with Gasteiger partial charge in [-0.05, 0) is 30.4 Å². The molecule has 2 bridgehead atoms. The fraction of sp³-hybridized carbons (Fsp3) is 0.429. The van der Waals surface area contributed by atoms with E-state index in [1.807, 2.05) is 50.4 Å². The monoisotopic (exact) mass is 475 g/mol. The van der Waals surface area contributed by atoms with Crippen LogP contribution < -0.4 is 5.32 Å². The summed E-state index contributed by atoms with van der Waals surface area (Å²) >= 11 is 4.71. The first-order chi connectivity index (χ1) is 13.6. The minimum Gasteiger partial charge on any atom is -0.300 e. The zero-order valence-electron chi connectivity index (χ0n) is 16.5. The third-order valence-electron chi connectivity index (χ3n) is 6.70. The molecule has 1 aliphatic heterocycles.